The van der Waals surface area contributed by atoms with Crippen molar-refractivity contribution in [2.24, 2.45) is 0 Å². The van der Waals surface area contributed by atoms with E-state index in [9.17, 15) is 0 Å². The van der Waals surface area contributed by atoms with Gasteiger partial charge in [-0.1, -0.05) is 24.3 Å². The maximum Gasteiger partial charge on any atom is 0.192 e. The predicted molar refractivity (Wildman–Crippen MR) is 54.1 cm³/mol. The van der Waals surface area contributed by atoms with Crippen LogP contribution in [-0.2, 0) is 12.8 Å². The molecule has 0 atom stereocenters. The highest BCUT2D eigenvalue weighted by molar-refractivity contribution is 5.66. The molecule has 0 spiro atoms. The van der Waals surface area contributed by atoms with Gasteiger partial charge >= 0.3 is 0 Å². The summed E-state index contributed by atoms with van der Waals surface area (Å²) >= 11 is 0. The van der Waals surface area contributed by atoms with Crippen molar-refractivity contribution in [1.29, 1.82) is 0 Å². The highest BCUT2D eigenvalue weighted by atomic mass is 16.4. The summed E-state index contributed by atoms with van der Waals surface area (Å²) in [6.07, 6.45) is 2.08. The van der Waals surface area contributed by atoms with Crippen LogP contribution < -0.4 is 0 Å². The molecule has 1 aromatic carbocycles. The molecular weight excluding hydrogens is 174 g/mol. The topological polar surface area (TPSA) is 26.0 Å². The van der Waals surface area contributed by atoms with Gasteiger partial charge in [0.05, 0.1) is 5.69 Å². The Morgan fingerprint density at radius 2 is 2.07 bits per heavy atom. The first-order valence-corrected chi connectivity index (χ1v) is 4.89. The van der Waals surface area contributed by atoms with E-state index in [2.05, 4.69) is 23.2 Å². The van der Waals surface area contributed by atoms with Gasteiger partial charge in [0, 0.05) is 12.5 Å². The number of fused-ring (bicyclic) bond motifs is 3. The van der Waals surface area contributed by atoms with Crippen LogP contribution in [-0.4, -0.2) is 4.98 Å². The van der Waals surface area contributed by atoms with Crippen molar-refractivity contribution in [2.75, 3.05) is 0 Å². The zero-order valence-electron chi connectivity index (χ0n) is 8.08. The lowest BCUT2D eigenvalue weighted by atomic mass is 9.93. The Morgan fingerprint density at radius 3 is 3.00 bits per heavy atom. The summed E-state index contributed by atoms with van der Waals surface area (Å²) in [5.41, 5.74) is 3.70. The van der Waals surface area contributed by atoms with Crippen LogP contribution in [0.1, 0.15) is 17.1 Å². The van der Waals surface area contributed by atoms with E-state index in [0.29, 0.717) is 0 Å². The molecule has 0 N–H and O–H groups in total. The first kappa shape index (κ1) is 7.80. The molecular formula is C12H11NO. The first-order chi connectivity index (χ1) is 6.84. The standard InChI is InChI=1S/C12H11NO/c1-8-13-11-7-6-9-4-2-3-5-10(9)12(11)14-8/h2-5H,6-7H2,1H3. The van der Waals surface area contributed by atoms with Crippen LogP contribution >= 0.6 is 0 Å². The molecule has 1 aliphatic carbocycles. The molecule has 14 heavy (non-hydrogen) atoms. The fourth-order valence-electron chi connectivity index (χ4n) is 2.06. The van der Waals surface area contributed by atoms with Gasteiger partial charge in [0.2, 0.25) is 0 Å². The number of benzene rings is 1. The molecule has 0 saturated heterocycles. The van der Waals surface area contributed by atoms with Gasteiger partial charge in [-0.15, -0.1) is 0 Å². The molecule has 0 aliphatic heterocycles. The number of aryl methyl sites for hydroxylation is 3. The van der Waals surface area contributed by atoms with Crippen molar-refractivity contribution < 1.29 is 4.42 Å². The number of hydrogen-bond acceptors (Lipinski definition) is 2. The van der Waals surface area contributed by atoms with Crippen molar-refractivity contribution >= 4 is 0 Å². The molecule has 0 fully saturated rings. The maximum absolute atomic E-state index is 5.62. The number of hydrogen-bond donors (Lipinski definition) is 0. The molecule has 1 aromatic heterocycles. The second-order valence-corrected chi connectivity index (χ2v) is 3.67. The second-order valence-electron chi connectivity index (χ2n) is 3.67. The van der Waals surface area contributed by atoms with Crippen LogP contribution in [0.4, 0.5) is 0 Å². The molecule has 0 bridgehead atoms. The molecule has 2 nitrogen and oxygen atoms in total. The molecule has 0 amide bonds. The Morgan fingerprint density at radius 1 is 1.21 bits per heavy atom. The Bertz CT molecular complexity index is 485. The van der Waals surface area contributed by atoms with E-state index in [1.54, 1.807) is 0 Å². The minimum Gasteiger partial charge on any atom is -0.441 e. The summed E-state index contributed by atoms with van der Waals surface area (Å²) in [4.78, 5) is 4.38. The largest absolute Gasteiger partial charge is 0.441 e. The average Bonchev–Trinajstić information content (AvgIpc) is 2.59. The third-order valence-electron chi connectivity index (χ3n) is 2.70. The third kappa shape index (κ3) is 1.00. The summed E-state index contributed by atoms with van der Waals surface area (Å²) in [5, 5.41) is 0. The van der Waals surface area contributed by atoms with Crippen LogP contribution in [0.25, 0.3) is 11.3 Å². The van der Waals surface area contributed by atoms with Gasteiger partial charge in [-0.25, -0.2) is 4.98 Å². The van der Waals surface area contributed by atoms with Crippen molar-refractivity contribution in [3.05, 3.63) is 41.4 Å². The smallest absolute Gasteiger partial charge is 0.192 e. The van der Waals surface area contributed by atoms with Crippen LogP contribution in [0.3, 0.4) is 0 Å². The number of rotatable bonds is 0. The number of aromatic nitrogens is 1. The number of oxazole rings is 1. The summed E-state index contributed by atoms with van der Waals surface area (Å²) in [7, 11) is 0. The monoisotopic (exact) mass is 185 g/mol. The van der Waals surface area contributed by atoms with Crippen LogP contribution in [0.5, 0.6) is 0 Å². The molecule has 0 saturated carbocycles. The zero-order valence-corrected chi connectivity index (χ0v) is 8.08. The van der Waals surface area contributed by atoms with E-state index in [4.69, 9.17) is 4.42 Å². The summed E-state index contributed by atoms with van der Waals surface area (Å²) in [5.74, 6) is 1.75. The van der Waals surface area contributed by atoms with Crippen molar-refractivity contribution in [2.45, 2.75) is 19.8 Å². The lowest BCUT2D eigenvalue weighted by Gasteiger charge is -2.12. The highest BCUT2D eigenvalue weighted by Gasteiger charge is 2.20. The van der Waals surface area contributed by atoms with E-state index in [1.165, 1.54) is 11.1 Å². The molecule has 0 unspecified atom stereocenters. The summed E-state index contributed by atoms with van der Waals surface area (Å²) < 4.78 is 5.62. The van der Waals surface area contributed by atoms with Crippen molar-refractivity contribution in [3.63, 3.8) is 0 Å². The van der Waals surface area contributed by atoms with E-state index >= 15 is 0 Å². The highest BCUT2D eigenvalue weighted by Crippen LogP contribution is 2.33. The summed E-state index contributed by atoms with van der Waals surface area (Å²) in [6.45, 7) is 1.90. The summed E-state index contributed by atoms with van der Waals surface area (Å²) in [6, 6.07) is 8.40. The normalized spacial score (nSPS) is 13.5. The van der Waals surface area contributed by atoms with E-state index in [0.717, 1.165) is 30.2 Å². The van der Waals surface area contributed by atoms with Crippen molar-refractivity contribution in [1.82, 2.24) is 4.98 Å². The van der Waals surface area contributed by atoms with Crippen LogP contribution in [0.2, 0.25) is 0 Å². The molecule has 70 valence electrons. The van der Waals surface area contributed by atoms with Gasteiger partial charge in [0.1, 0.15) is 0 Å². The lowest BCUT2D eigenvalue weighted by Crippen LogP contribution is -2.02. The average molecular weight is 185 g/mol. The van der Waals surface area contributed by atoms with Gasteiger partial charge in [0.25, 0.3) is 0 Å². The Hall–Kier alpha value is -1.57. The maximum atomic E-state index is 5.62. The zero-order chi connectivity index (χ0) is 9.54. The minimum atomic E-state index is 0.770. The molecule has 3 rings (SSSR count). The molecule has 0 radical (unpaired) electrons. The molecule has 1 aliphatic rings. The Balaban J connectivity index is 2.28. The Kier molecular flexibility index (Phi) is 1.51. The lowest BCUT2D eigenvalue weighted by molar-refractivity contribution is 0.532. The minimum absolute atomic E-state index is 0.770. The van der Waals surface area contributed by atoms with Gasteiger partial charge in [-0.3, -0.25) is 0 Å². The van der Waals surface area contributed by atoms with Crippen LogP contribution in [0.15, 0.2) is 28.7 Å². The Labute approximate surface area is 82.6 Å². The van der Waals surface area contributed by atoms with E-state index in [-0.39, 0.29) is 0 Å². The van der Waals surface area contributed by atoms with Gasteiger partial charge in [0.15, 0.2) is 11.7 Å². The fourth-order valence-corrected chi connectivity index (χ4v) is 2.06. The van der Waals surface area contributed by atoms with Gasteiger partial charge in [-0.2, -0.15) is 0 Å². The van der Waals surface area contributed by atoms with Crippen LogP contribution in [0, 0.1) is 6.92 Å². The van der Waals surface area contributed by atoms with Crippen molar-refractivity contribution in [3.8, 4) is 11.3 Å². The number of nitrogens with zero attached hydrogens (tertiary/aromatic N) is 1. The molecule has 2 heteroatoms. The second kappa shape index (κ2) is 2.71. The quantitative estimate of drug-likeness (QED) is 0.630. The molecule has 1 heterocycles. The molecule has 2 aromatic rings. The van der Waals surface area contributed by atoms with Gasteiger partial charge in [-0.05, 0) is 18.4 Å². The first-order valence-electron chi connectivity index (χ1n) is 4.89. The fraction of sp³-hybridized carbons (Fsp3) is 0.250. The third-order valence-corrected chi connectivity index (χ3v) is 2.70. The SMILES string of the molecule is Cc1nc2c(o1)-c1ccccc1CC2. The van der Waals surface area contributed by atoms with E-state index in [1.807, 2.05) is 13.0 Å². The van der Waals surface area contributed by atoms with Gasteiger partial charge < -0.3 is 4.42 Å². The van der Waals surface area contributed by atoms with E-state index < -0.39 is 0 Å². The predicted octanol–water partition coefficient (Wildman–Crippen LogP) is 2.75.